The Kier molecular flexibility index (Phi) is 7.59. The molecule has 12 rings (SSSR count). The van der Waals surface area contributed by atoms with Gasteiger partial charge in [-0.15, -0.1) is 0 Å². The molecule has 0 fully saturated rings. The molecule has 2 aliphatic carbocycles. The van der Waals surface area contributed by atoms with E-state index in [0.717, 1.165) is 0 Å². The summed E-state index contributed by atoms with van der Waals surface area (Å²) in [5.74, 6) is 0. The minimum atomic E-state index is -0.485. The molecule has 0 aliphatic heterocycles. The highest BCUT2D eigenvalue weighted by molar-refractivity contribution is 6.23. The molecule has 2 aliphatic rings. The quantitative estimate of drug-likeness (QED) is 0.153. The van der Waals surface area contributed by atoms with E-state index < -0.39 is 5.41 Å². The molecular formula is C60H42. The van der Waals surface area contributed by atoms with Crippen LogP contribution in [0.1, 0.15) is 47.2 Å². The molecule has 10 aromatic carbocycles. The molecule has 0 radical (unpaired) electrons. The van der Waals surface area contributed by atoms with E-state index in [2.05, 4.69) is 232 Å². The van der Waals surface area contributed by atoms with E-state index in [1.807, 2.05) is 0 Å². The number of fused-ring (bicyclic) bond motifs is 8. The fourth-order valence-corrected chi connectivity index (χ4v) is 11.2. The van der Waals surface area contributed by atoms with Gasteiger partial charge < -0.3 is 0 Å². The molecule has 0 unspecified atom stereocenters. The van der Waals surface area contributed by atoms with Gasteiger partial charge >= 0.3 is 0 Å². The predicted molar refractivity (Wildman–Crippen MR) is 253 cm³/mol. The summed E-state index contributed by atoms with van der Waals surface area (Å²) in [6.45, 7) is 4.76. The fourth-order valence-electron chi connectivity index (χ4n) is 11.2. The van der Waals surface area contributed by atoms with Crippen molar-refractivity contribution in [3.05, 3.63) is 252 Å². The molecule has 0 atom stereocenters. The fraction of sp³-hybridized carbons (Fsp3) is 0.0667. The van der Waals surface area contributed by atoms with Crippen molar-refractivity contribution in [3.8, 4) is 55.6 Å². The van der Waals surface area contributed by atoms with Crippen LogP contribution in [0.2, 0.25) is 0 Å². The van der Waals surface area contributed by atoms with Crippen LogP contribution in [0, 0.1) is 0 Å². The van der Waals surface area contributed by atoms with Gasteiger partial charge in [0.1, 0.15) is 0 Å². The summed E-state index contributed by atoms with van der Waals surface area (Å²) < 4.78 is 0. The molecule has 0 N–H and O–H groups in total. The van der Waals surface area contributed by atoms with Gasteiger partial charge in [-0.2, -0.15) is 0 Å². The Bertz CT molecular complexity index is 3280. The van der Waals surface area contributed by atoms with Crippen molar-refractivity contribution in [2.45, 2.75) is 24.7 Å². The summed E-state index contributed by atoms with van der Waals surface area (Å²) >= 11 is 0. The highest BCUT2D eigenvalue weighted by atomic mass is 14.5. The lowest BCUT2D eigenvalue weighted by Gasteiger charge is -2.34. The van der Waals surface area contributed by atoms with Crippen molar-refractivity contribution < 1.29 is 0 Å². The van der Waals surface area contributed by atoms with E-state index in [4.69, 9.17) is 0 Å². The molecular weight excluding hydrogens is 721 g/mol. The van der Waals surface area contributed by atoms with Crippen LogP contribution in [0.5, 0.6) is 0 Å². The van der Waals surface area contributed by atoms with Gasteiger partial charge in [-0.05, 0) is 123 Å². The van der Waals surface area contributed by atoms with Gasteiger partial charge in [0.15, 0.2) is 0 Å². The second-order valence-electron chi connectivity index (χ2n) is 17.1. The van der Waals surface area contributed by atoms with E-state index in [0.29, 0.717) is 0 Å². The summed E-state index contributed by atoms with van der Waals surface area (Å²) in [6, 6.07) is 81.8. The van der Waals surface area contributed by atoms with Gasteiger partial charge in [-0.1, -0.05) is 220 Å². The molecule has 60 heavy (non-hydrogen) atoms. The SMILES string of the molecule is CC1(C)c2ccccc2-c2c(-c3c4ccccc4c(-c4ccc5c(c4)C(c4ccccc4)(c4ccccc4)c4ccccc4-5)c4ccc(-c5ccccc5)cc34)cccc21. The molecule has 282 valence electrons. The first-order valence-corrected chi connectivity index (χ1v) is 21.2. The Morgan fingerprint density at radius 2 is 0.783 bits per heavy atom. The van der Waals surface area contributed by atoms with E-state index in [-0.39, 0.29) is 5.41 Å². The van der Waals surface area contributed by atoms with Gasteiger partial charge in [-0.25, -0.2) is 0 Å². The maximum atomic E-state index is 2.53. The lowest BCUT2D eigenvalue weighted by Crippen LogP contribution is -2.28. The maximum Gasteiger partial charge on any atom is 0.0713 e. The number of hydrogen-bond acceptors (Lipinski definition) is 0. The lowest BCUT2D eigenvalue weighted by molar-refractivity contribution is 0.660. The minimum Gasteiger partial charge on any atom is -0.0622 e. The van der Waals surface area contributed by atoms with Crippen LogP contribution in [0.4, 0.5) is 0 Å². The highest BCUT2D eigenvalue weighted by Gasteiger charge is 2.46. The molecule has 10 aromatic rings. The van der Waals surface area contributed by atoms with Gasteiger partial charge in [-0.3, -0.25) is 0 Å². The second-order valence-corrected chi connectivity index (χ2v) is 17.1. The Balaban J connectivity index is 1.20. The van der Waals surface area contributed by atoms with Crippen LogP contribution in [-0.2, 0) is 10.8 Å². The van der Waals surface area contributed by atoms with Crippen molar-refractivity contribution in [1.29, 1.82) is 0 Å². The summed E-state index contributed by atoms with van der Waals surface area (Å²) in [5.41, 5.74) is 20.2. The molecule has 0 saturated carbocycles. The average molecular weight is 763 g/mol. The summed E-state index contributed by atoms with van der Waals surface area (Å²) in [5, 5.41) is 5.05. The van der Waals surface area contributed by atoms with Crippen LogP contribution in [-0.4, -0.2) is 0 Å². The van der Waals surface area contributed by atoms with Crippen molar-refractivity contribution in [3.63, 3.8) is 0 Å². The third-order valence-electron chi connectivity index (χ3n) is 13.8. The first-order valence-electron chi connectivity index (χ1n) is 21.2. The Morgan fingerprint density at radius 1 is 0.267 bits per heavy atom. The monoisotopic (exact) mass is 762 g/mol. The molecule has 0 aromatic heterocycles. The van der Waals surface area contributed by atoms with Crippen LogP contribution in [0.3, 0.4) is 0 Å². The number of benzene rings is 10. The lowest BCUT2D eigenvalue weighted by atomic mass is 9.67. The molecule has 0 heteroatoms. The Morgan fingerprint density at radius 3 is 1.50 bits per heavy atom. The molecule has 0 saturated heterocycles. The first kappa shape index (κ1) is 34.7. The van der Waals surface area contributed by atoms with Crippen LogP contribution < -0.4 is 0 Å². The van der Waals surface area contributed by atoms with Crippen molar-refractivity contribution in [2.75, 3.05) is 0 Å². The second kappa shape index (κ2) is 13.1. The Hall–Kier alpha value is -7.28. The molecule has 0 amide bonds. The highest BCUT2D eigenvalue weighted by Crippen LogP contribution is 2.58. The molecule has 0 spiro atoms. The van der Waals surface area contributed by atoms with Crippen molar-refractivity contribution >= 4 is 21.5 Å². The minimum absolute atomic E-state index is 0.102. The van der Waals surface area contributed by atoms with Crippen molar-refractivity contribution in [2.24, 2.45) is 0 Å². The molecule has 0 heterocycles. The Labute approximate surface area is 352 Å². The van der Waals surface area contributed by atoms with Gasteiger partial charge in [0.25, 0.3) is 0 Å². The third-order valence-corrected chi connectivity index (χ3v) is 13.8. The van der Waals surface area contributed by atoms with Crippen LogP contribution >= 0.6 is 0 Å². The van der Waals surface area contributed by atoms with Gasteiger partial charge in [0, 0.05) is 5.41 Å². The number of rotatable bonds is 5. The molecule has 0 bridgehead atoms. The molecule has 0 nitrogen and oxygen atoms in total. The van der Waals surface area contributed by atoms with Crippen LogP contribution in [0.15, 0.2) is 218 Å². The standard InChI is InChI=1S/C60H42/c1-59(2)52-30-16-15-28-49(52)58-50(29-18-32-54(58)59)57-47-27-13-12-26-46(47)56(48-36-33-40(37-51(48)57)39-19-6-3-7-20-39)41-34-35-45-44-25-14-17-31-53(44)60(55(45)38-41,42-21-8-4-9-22-42)43-23-10-5-11-24-43/h3-38H,1-2H3. The number of hydrogen-bond donors (Lipinski definition) is 0. The normalized spacial score (nSPS) is 14.1. The van der Waals surface area contributed by atoms with E-state index in [9.17, 15) is 0 Å². The zero-order valence-corrected chi connectivity index (χ0v) is 33.8. The topological polar surface area (TPSA) is 0 Å². The zero-order chi connectivity index (χ0) is 40.0. The van der Waals surface area contributed by atoms with Crippen molar-refractivity contribution in [1.82, 2.24) is 0 Å². The summed E-state index contributed by atoms with van der Waals surface area (Å²) in [4.78, 5) is 0. The first-order chi connectivity index (χ1) is 29.5. The van der Waals surface area contributed by atoms with Gasteiger partial charge in [0.05, 0.1) is 5.41 Å². The van der Waals surface area contributed by atoms with E-state index in [1.54, 1.807) is 0 Å². The summed E-state index contributed by atoms with van der Waals surface area (Å²) in [6.07, 6.45) is 0. The largest absolute Gasteiger partial charge is 0.0713 e. The van der Waals surface area contributed by atoms with E-state index >= 15 is 0 Å². The predicted octanol–water partition coefficient (Wildman–Crippen LogP) is 15.7. The maximum absolute atomic E-state index is 2.53. The van der Waals surface area contributed by atoms with E-state index in [1.165, 1.54) is 111 Å². The summed E-state index contributed by atoms with van der Waals surface area (Å²) in [7, 11) is 0. The zero-order valence-electron chi connectivity index (χ0n) is 33.8. The third kappa shape index (κ3) is 4.79. The average Bonchev–Trinajstić information content (AvgIpc) is 3.74. The van der Waals surface area contributed by atoms with Crippen LogP contribution in [0.25, 0.3) is 77.2 Å². The van der Waals surface area contributed by atoms with Gasteiger partial charge in [0.2, 0.25) is 0 Å². The smallest absolute Gasteiger partial charge is 0.0622 e.